The topological polar surface area (TPSA) is 127 Å². The summed E-state index contributed by atoms with van der Waals surface area (Å²) in [5, 5.41) is 24.9. The molecule has 0 aliphatic heterocycles. The first kappa shape index (κ1) is 23.5. The number of rotatable bonds is 13. The van der Waals surface area contributed by atoms with Crippen LogP contribution in [-0.2, 0) is 14.3 Å². The van der Waals surface area contributed by atoms with Crippen molar-refractivity contribution in [1.82, 2.24) is 0 Å². The van der Waals surface area contributed by atoms with Gasteiger partial charge in [0.15, 0.2) is 0 Å². The summed E-state index contributed by atoms with van der Waals surface area (Å²) >= 11 is 0. The molecule has 7 nitrogen and oxygen atoms in total. The number of aliphatic hydroxyl groups is 3. The van der Waals surface area contributed by atoms with E-state index in [1.54, 1.807) is 0 Å². The van der Waals surface area contributed by atoms with E-state index in [0.29, 0.717) is 25.7 Å². The number of hydrogen-bond donors (Lipinski definition) is 3. The number of carboxylic acid groups (broad SMARTS) is 1. The fourth-order valence-electron chi connectivity index (χ4n) is 4.46. The van der Waals surface area contributed by atoms with Crippen molar-refractivity contribution in [3.05, 3.63) is 23.8 Å². The second-order valence-electron chi connectivity index (χ2n) is 8.77. The van der Waals surface area contributed by atoms with Crippen LogP contribution >= 0.6 is 0 Å². The average Bonchev–Trinajstić information content (AvgIpc) is 2.80. The van der Waals surface area contributed by atoms with Gasteiger partial charge < -0.3 is 30.0 Å². The standard InChI is InChI=1S/C23H36O7.Na/c1-4-13(2)23(29)30-20-11-17(25)9-15-6-5-14(3)19(22(15)20)8-7-16(24)10-18(26)12-21(27)28;/h5-6,9,13-14,16-20,22,24-26H,4,7-8,10-12H2,1-3H3,(H,27,28);/q;+1/p-1/t13-,14-,16+,17+,18+,19-,20-,22-;/m0./s1/i24D,25D,26D;. The van der Waals surface area contributed by atoms with Gasteiger partial charge in [-0.05, 0) is 43.1 Å². The Labute approximate surface area is 211 Å². The number of hydrogen-bond acceptors (Lipinski definition) is 7. The summed E-state index contributed by atoms with van der Waals surface area (Å²) in [4.78, 5) is 23.4. The monoisotopic (exact) mass is 449 g/mol. The van der Waals surface area contributed by atoms with Crippen molar-refractivity contribution >= 4 is 11.9 Å². The molecular formula is C23H35NaO7. The first-order chi connectivity index (χ1) is 15.7. The van der Waals surface area contributed by atoms with Crippen LogP contribution in [0.4, 0.5) is 0 Å². The summed E-state index contributed by atoms with van der Waals surface area (Å²) in [6, 6.07) is 0. The molecule has 8 atom stereocenters. The summed E-state index contributed by atoms with van der Waals surface area (Å²) in [6.07, 6.45) is 5.37. The molecule has 8 heteroatoms. The Morgan fingerprint density at radius 1 is 1.35 bits per heavy atom. The fraction of sp³-hybridized carbons (Fsp3) is 0.739. The zero-order chi connectivity index (χ0) is 24.5. The van der Waals surface area contributed by atoms with Crippen molar-refractivity contribution in [2.24, 2.45) is 23.7 Å². The number of aliphatic hydroxyl groups excluding tert-OH is 3. The van der Waals surface area contributed by atoms with Gasteiger partial charge in [0.05, 0.1) is 24.2 Å². The number of carboxylic acids is 1. The molecule has 2 aliphatic rings. The summed E-state index contributed by atoms with van der Waals surface area (Å²) in [6.45, 7) is 5.84. The minimum Gasteiger partial charge on any atom is -0.550 e. The Kier molecular flexibility index (Phi) is 9.92. The van der Waals surface area contributed by atoms with Gasteiger partial charge in [-0.3, -0.25) is 4.79 Å². The van der Waals surface area contributed by atoms with Crippen LogP contribution in [0.2, 0.25) is 0 Å². The van der Waals surface area contributed by atoms with Crippen molar-refractivity contribution in [3.63, 3.8) is 0 Å². The van der Waals surface area contributed by atoms with Gasteiger partial charge in [0.2, 0.25) is 4.29 Å². The van der Waals surface area contributed by atoms with Gasteiger partial charge >= 0.3 is 35.5 Å². The van der Waals surface area contributed by atoms with E-state index in [0.717, 1.165) is 5.57 Å². The molecule has 0 fully saturated rings. The van der Waals surface area contributed by atoms with Crippen molar-refractivity contribution in [2.45, 2.75) is 83.7 Å². The summed E-state index contributed by atoms with van der Waals surface area (Å²) in [5.41, 5.74) is 0.969. The van der Waals surface area contributed by atoms with E-state index < -0.39 is 36.8 Å². The Morgan fingerprint density at radius 3 is 2.71 bits per heavy atom. The molecule has 0 spiro atoms. The molecule has 31 heavy (non-hydrogen) atoms. The van der Waals surface area contributed by atoms with Gasteiger partial charge in [0, 0.05) is 24.7 Å². The SMILES string of the molecule is [2H]O[C@H](CC[C@@H]1[C@@H]2C(=C[C@@H](O[2H])C[C@@H]2OC(=O)[C@@H](C)CC)C=C[C@@H]1C)C[C@H](CC(=O)[O-])O[2H].[Na+]. The minimum absolute atomic E-state index is 0. The van der Waals surface area contributed by atoms with Crippen molar-refractivity contribution in [1.29, 1.82) is 4.29 Å². The van der Waals surface area contributed by atoms with E-state index >= 15 is 0 Å². The Balaban J connectivity index is 0.00000578. The molecule has 2 aliphatic carbocycles. The number of esters is 1. The third kappa shape index (κ3) is 8.30. The van der Waals surface area contributed by atoms with E-state index in [1.807, 2.05) is 26.0 Å². The average molecular weight is 450 g/mol. The third-order valence-corrected chi connectivity index (χ3v) is 6.38. The second kappa shape index (κ2) is 13.1. The molecule has 0 aromatic heterocycles. The molecule has 3 N–H and O–H groups in total. The molecule has 0 bridgehead atoms. The van der Waals surface area contributed by atoms with E-state index in [9.17, 15) is 14.7 Å². The van der Waals surface area contributed by atoms with E-state index in [1.165, 1.54) is 0 Å². The number of fused-ring (bicyclic) bond motifs is 1. The van der Waals surface area contributed by atoms with Crippen LogP contribution in [-0.4, -0.2) is 56.0 Å². The van der Waals surface area contributed by atoms with Crippen LogP contribution in [0.3, 0.4) is 0 Å². The maximum absolute atomic E-state index is 12.6. The Bertz CT molecular complexity index is 721. The zero-order valence-corrected chi connectivity index (χ0v) is 21.0. The predicted octanol–water partition coefficient (Wildman–Crippen LogP) is -1.89. The van der Waals surface area contributed by atoms with Gasteiger partial charge in [-0.25, -0.2) is 0 Å². The van der Waals surface area contributed by atoms with Crippen molar-refractivity contribution in [2.75, 3.05) is 0 Å². The van der Waals surface area contributed by atoms with Crippen LogP contribution in [0.1, 0.15) is 59.3 Å². The van der Waals surface area contributed by atoms with Gasteiger partial charge in [0.25, 0.3) is 0 Å². The van der Waals surface area contributed by atoms with Crippen molar-refractivity contribution in [3.8, 4) is 0 Å². The van der Waals surface area contributed by atoms with Crippen LogP contribution < -0.4 is 34.7 Å². The van der Waals surface area contributed by atoms with E-state index in [2.05, 4.69) is 18.1 Å². The van der Waals surface area contributed by atoms with E-state index in [4.69, 9.17) is 19.2 Å². The molecule has 0 saturated carbocycles. The molecule has 0 aromatic rings. The van der Waals surface area contributed by atoms with Gasteiger partial charge in [-0.1, -0.05) is 39.0 Å². The normalized spacial score (nSPS) is 31.5. The first-order valence-electron chi connectivity index (χ1n) is 12.1. The van der Waals surface area contributed by atoms with Gasteiger partial charge in [-0.15, -0.1) is 0 Å². The molecule has 0 heterocycles. The van der Waals surface area contributed by atoms with Crippen LogP contribution in [0, 0.1) is 23.7 Å². The number of carbonyl (C=O) groups excluding carboxylic acids is 2. The zero-order valence-electron chi connectivity index (χ0n) is 22.0. The summed E-state index contributed by atoms with van der Waals surface area (Å²) in [7, 11) is 0. The summed E-state index contributed by atoms with van der Waals surface area (Å²) in [5.74, 6) is -1.65. The minimum atomic E-state index is -1.32. The second-order valence-corrected chi connectivity index (χ2v) is 8.77. The number of ether oxygens (including phenoxy) is 1. The van der Waals surface area contributed by atoms with Crippen molar-refractivity contribution < 1.29 is 64.3 Å². The van der Waals surface area contributed by atoms with Gasteiger partial charge in [0.1, 0.15) is 6.10 Å². The van der Waals surface area contributed by atoms with Crippen LogP contribution in [0.15, 0.2) is 23.8 Å². The van der Waals surface area contributed by atoms with Gasteiger partial charge in [-0.2, -0.15) is 0 Å². The first-order valence-corrected chi connectivity index (χ1v) is 10.9. The predicted molar refractivity (Wildman–Crippen MR) is 109 cm³/mol. The maximum atomic E-state index is 12.6. The molecular weight excluding hydrogens is 411 g/mol. The number of allylic oxidation sites excluding steroid dienone is 2. The number of aliphatic carboxylic acids is 1. The van der Waals surface area contributed by atoms with Crippen LogP contribution in [0.5, 0.6) is 0 Å². The third-order valence-electron chi connectivity index (χ3n) is 6.38. The van der Waals surface area contributed by atoms with Crippen LogP contribution in [0.25, 0.3) is 0 Å². The van der Waals surface area contributed by atoms with E-state index in [-0.39, 0.29) is 65.6 Å². The summed E-state index contributed by atoms with van der Waals surface area (Å²) < 4.78 is 27.8. The molecule has 0 amide bonds. The largest absolute Gasteiger partial charge is 1.00 e. The quantitative estimate of drug-likeness (QED) is 0.222. The molecule has 0 radical (unpaired) electrons. The maximum Gasteiger partial charge on any atom is 1.00 e. The smallest absolute Gasteiger partial charge is 0.550 e. The Morgan fingerprint density at radius 2 is 2.10 bits per heavy atom. The Hall–Kier alpha value is -0.700. The number of carbonyl (C=O) groups is 2. The molecule has 170 valence electrons. The molecule has 0 unspecified atom stereocenters. The fourth-order valence-corrected chi connectivity index (χ4v) is 4.46. The molecule has 0 aromatic carbocycles. The molecule has 2 rings (SSSR count). The molecule has 0 saturated heterocycles.